The molecule has 0 unspecified atom stereocenters. The van der Waals surface area contributed by atoms with Gasteiger partial charge in [0.15, 0.2) is 6.61 Å². The van der Waals surface area contributed by atoms with Gasteiger partial charge in [0.25, 0.3) is 5.91 Å². The van der Waals surface area contributed by atoms with Gasteiger partial charge in [-0.3, -0.25) is 4.79 Å². The van der Waals surface area contributed by atoms with Gasteiger partial charge in [-0.2, -0.15) is 0 Å². The number of ether oxygens (including phenoxy) is 1. The average Bonchev–Trinajstić information content (AvgIpc) is 2.41. The van der Waals surface area contributed by atoms with E-state index in [4.69, 9.17) is 4.74 Å². The maximum Gasteiger partial charge on any atom is 0.331 e. The molecule has 0 aromatic heterocycles. The minimum Gasteiger partial charge on any atom is -0.452 e. The van der Waals surface area contributed by atoms with Crippen molar-refractivity contribution in [2.75, 3.05) is 6.61 Å². The molecule has 132 valence electrons. The molecule has 1 amide bonds. The number of esters is 1. The fraction of sp³-hybridized carbons (Fsp3) is 0.500. The first kappa shape index (κ1) is 19.9. The first-order valence-electron chi connectivity index (χ1n) is 8.20. The summed E-state index contributed by atoms with van der Waals surface area (Å²) in [5.41, 5.74) is 1.77. The molecule has 4 heteroatoms. The van der Waals surface area contributed by atoms with Gasteiger partial charge in [0.1, 0.15) is 0 Å². The van der Waals surface area contributed by atoms with E-state index in [9.17, 15) is 9.59 Å². The molecule has 1 aromatic rings. The molecule has 0 radical (unpaired) electrons. The van der Waals surface area contributed by atoms with E-state index in [-0.39, 0.29) is 23.5 Å². The van der Waals surface area contributed by atoms with Crippen molar-refractivity contribution in [2.45, 2.75) is 53.5 Å². The van der Waals surface area contributed by atoms with Crippen molar-refractivity contribution >= 4 is 18.0 Å². The molecule has 0 heterocycles. The Balaban J connectivity index is 2.47. The molecule has 0 aliphatic heterocycles. The molecule has 0 spiro atoms. The number of nitrogens with one attached hydrogen (secondary N) is 1. The van der Waals surface area contributed by atoms with E-state index in [0.29, 0.717) is 0 Å². The van der Waals surface area contributed by atoms with E-state index in [2.05, 4.69) is 26.1 Å². The first-order valence-corrected chi connectivity index (χ1v) is 8.20. The maximum absolute atomic E-state index is 12.0. The smallest absolute Gasteiger partial charge is 0.331 e. The summed E-state index contributed by atoms with van der Waals surface area (Å²) in [7, 11) is 0. The highest BCUT2D eigenvalue weighted by molar-refractivity contribution is 5.89. The van der Waals surface area contributed by atoms with Crippen molar-refractivity contribution in [3.8, 4) is 0 Å². The highest BCUT2D eigenvalue weighted by Gasteiger charge is 2.27. The Morgan fingerprint density at radius 3 is 2.33 bits per heavy atom. The van der Waals surface area contributed by atoms with Crippen molar-refractivity contribution in [3.05, 3.63) is 41.5 Å². The van der Waals surface area contributed by atoms with Crippen LogP contribution in [0.3, 0.4) is 0 Å². The molecule has 0 atom stereocenters. The van der Waals surface area contributed by atoms with Crippen LogP contribution in [0.25, 0.3) is 6.08 Å². The van der Waals surface area contributed by atoms with Gasteiger partial charge in [0.2, 0.25) is 0 Å². The van der Waals surface area contributed by atoms with Crippen LogP contribution >= 0.6 is 0 Å². The summed E-state index contributed by atoms with van der Waals surface area (Å²) < 4.78 is 5.00. The summed E-state index contributed by atoms with van der Waals surface area (Å²) in [6.07, 6.45) is 3.86. The molecule has 0 saturated heterocycles. The van der Waals surface area contributed by atoms with Crippen molar-refractivity contribution < 1.29 is 14.3 Å². The number of rotatable bonds is 6. The molecule has 4 nitrogen and oxygen atoms in total. The van der Waals surface area contributed by atoms with Crippen LogP contribution in [0.1, 0.15) is 52.2 Å². The Hall–Kier alpha value is -2.10. The van der Waals surface area contributed by atoms with Gasteiger partial charge in [-0.15, -0.1) is 0 Å². The highest BCUT2D eigenvalue weighted by atomic mass is 16.5. The number of carbonyl (C=O) groups is 2. The lowest BCUT2D eigenvalue weighted by Crippen LogP contribution is -2.47. The van der Waals surface area contributed by atoms with Crippen LogP contribution in [-0.4, -0.2) is 24.0 Å². The normalized spacial score (nSPS) is 12.2. The van der Waals surface area contributed by atoms with E-state index < -0.39 is 5.97 Å². The predicted octanol–water partition coefficient (Wildman–Crippen LogP) is 3.88. The quantitative estimate of drug-likeness (QED) is 0.636. The fourth-order valence-corrected chi connectivity index (χ4v) is 2.90. The van der Waals surface area contributed by atoms with Crippen molar-refractivity contribution in [1.29, 1.82) is 0 Å². The van der Waals surface area contributed by atoms with E-state index in [1.54, 1.807) is 6.08 Å². The Kier molecular flexibility index (Phi) is 6.76. The standard InChI is InChI=1S/C20H29NO3/c1-15-9-7-8-10-16(15)11-12-18(23)24-13-17(22)21-20(5,6)14-19(2,3)4/h7-12H,13-14H2,1-6H3,(H,21,22)/b12-11+. The lowest BCUT2D eigenvalue weighted by Gasteiger charge is -2.33. The van der Waals surface area contributed by atoms with Crippen LogP contribution in [0.4, 0.5) is 0 Å². The zero-order valence-corrected chi connectivity index (χ0v) is 15.6. The summed E-state index contributed by atoms with van der Waals surface area (Å²) in [5, 5.41) is 2.91. The van der Waals surface area contributed by atoms with Crippen LogP contribution in [0.2, 0.25) is 0 Å². The zero-order valence-electron chi connectivity index (χ0n) is 15.6. The summed E-state index contributed by atoms with van der Waals surface area (Å²) in [6.45, 7) is 12.0. The second-order valence-electron chi connectivity index (χ2n) is 7.97. The number of aryl methyl sites for hydroxylation is 1. The lowest BCUT2D eigenvalue weighted by molar-refractivity contribution is -0.144. The van der Waals surface area contributed by atoms with E-state index in [1.165, 1.54) is 6.08 Å². The molecule has 1 aromatic carbocycles. The van der Waals surface area contributed by atoms with Crippen molar-refractivity contribution in [2.24, 2.45) is 5.41 Å². The third kappa shape index (κ3) is 7.95. The van der Waals surface area contributed by atoms with Gasteiger partial charge in [0.05, 0.1) is 0 Å². The van der Waals surface area contributed by atoms with Crippen LogP contribution < -0.4 is 5.32 Å². The maximum atomic E-state index is 12.0. The van der Waals surface area contributed by atoms with Crippen LogP contribution in [0, 0.1) is 12.3 Å². The minimum atomic E-state index is -0.526. The summed E-state index contributed by atoms with van der Waals surface area (Å²) >= 11 is 0. The minimum absolute atomic E-state index is 0.101. The predicted molar refractivity (Wildman–Crippen MR) is 97.5 cm³/mol. The van der Waals surface area contributed by atoms with Gasteiger partial charge in [-0.25, -0.2) is 4.79 Å². The molecule has 1 N–H and O–H groups in total. The molecular formula is C20H29NO3. The van der Waals surface area contributed by atoms with Crippen LogP contribution in [0.5, 0.6) is 0 Å². The molecule has 1 rings (SSSR count). The Bertz CT molecular complexity index is 610. The lowest BCUT2D eigenvalue weighted by atomic mass is 9.82. The van der Waals surface area contributed by atoms with Gasteiger partial charge in [-0.1, -0.05) is 45.0 Å². The van der Waals surface area contributed by atoms with E-state index in [0.717, 1.165) is 17.5 Å². The summed E-state index contributed by atoms with van der Waals surface area (Å²) in [6, 6.07) is 7.73. The molecule has 0 aliphatic rings. The Morgan fingerprint density at radius 2 is 1.75 bits per heavy atom. The monoisotopic (exact) mass is 331 g/mol. The molecule has 0 fully saturated rings. The second kappa shape index (κ2) is 8.13. The molecule has 24 heavy (non-hydrogen) atoms. The summed E-state index contributed by atoms with van der Waals surface area (Å²) in [4.78, 5) is 23.7. The second-order valence-corrected chi connectivity index (χ2v) is 7.97. The number of benzene rings is 1. The molecule has 0 saturated carbocycles. The Labute approximate surface area is 145 Å². The molecule has 0 bridgehead atoms. The van der Waals surface area contributed by atoms with Crippen LogP contribution in [-0.2, 0) is 14.3 Å². The fourth-order valence-electron chi connectivity index (χ4n) is 2.90. The van der Waals surface area contributed by atoms with E-state index >= 15 is 0 Å². The third-order valence-corrected chi connectivity index (χ3v) is 3.38. The van der Waals surface area contributed by atoms with Gasteiger partial charge in [-0.05, 0) is 49.8 Å². The molecule has 0 aliphatic carbocycles. The number of hydrogen-bond donors (Lipinski definition) is 1. The average molecular weight is 331 g/mol. The molecular weight excluding hydrogens is 302 g/mol. The van der Waals surface area contributed by atoms with Crippen LogP contribution in [0.15, 0.2) is 30.3 Å². The summed E-state index contributed by atoms with van der Waals surface area (Å²) in [5.74, 6) is -0.816. The van der Waals surface area contributed by atoms with Crippen molar-refractivity contribution in [1.82, 2.24) is 5.32 Å². The van der Waals surface area contributed by atoms with Gasteiger partial charge >= 0.3 is 5.97 Å². The van der Waals surface area contributed by atoms with Crippen molar-refractivity contribution in [3.63, 3.8) is 0 Å². The number of amides is 1. The van der Waals surface area contributed by atoms with Gasteiger partial charge in [0, 0.05) is 11.6 Å². The third-order valence-electron chi connectivity index (χ3n) is 3.38. The zero-order chi connectivity index (χ0) is 18.4. The number of hydrogen-bond acceptors (Lipinski definition) is 3. The Morgan fingerprint density at radius 1 is 1.12 bits per heavy atom. The topological polar surface area (TPSA) is 55.4 Å². The highest BCUT2D eigenvalue weighted by Crippen LogP contribution is 2.26. The largest absolute Gasteiger partial charge is 0.452 e. The SMILES string of the molecule is Cc1ccccc1/C=C/C(=O)OCC(=O)NC(C)(C)CC(C)(C)C. The van der Waals surface area contributed by atoms with Gasteiger partial charge < -0.3 is 10.1 Å². The number of carbonyl (C=O) groups excluding carboxylic acids is 2. The first-order chi connectivity index (χ1) is 11.0. The van der Waals surface area contributed by atoms with E-state index in [1.807, 2.05) is 45.0 Å².